The molecule has 0 spiro atoms. The highest BCUT2D eigenvalue weighted by Crippen LogP contribution is 2.35. The number of thioether (sulfide) groups is 1. The molecule has 1 fully saturated rings. The molecule has 2 aliphatic heterocycles. The van der Waals surface area contributed by atoms with Gasteiger partial charge < -0.3 is 14.8 Å². The number of amides is 2. The molecule has 0 atom stereocenters. The number of nitrogens with zero attached hydrogens (tertiary/aromatic N) is 1. The second-order valence-electron chi connectivity index (χ2n) is 6.78. The zero-order chi connectivity index (χ0) is 20.9. The van der Waals surface area contributed by atoms with Gasteiger partial charge in [0.15, 0.2) is 11.5 Å². The van der Waals surface area contributed by atoms with Crippen LogP contribution in [-0.2, 0) is 9.59 Å². The topological polar surface area (TPSA) is 67.9 Å². The summed E-state index contributed by atoms with van der Waals surface area (Å²) in [7, 11) is 0. The van der Waals surface area contributed by atoms with Gasteiger partial charge in [0, 0.05) is 29.6 Å². The molecule has 2 aliphatic rings. The largest absolute Gasteiger partial charge is 0.454 e. The summed E-state index contributed by atoms with van der Waals surface area (Å²) in [6.45, 7) is 0.787. The van der Waals surface area contributed by atoms with Crippen molar-refractivity contribution < 1.29 is 19.1 Å². The van der Waals surface area contributed by atoms with Crippen molar-refractivity contribution in [3.63, 3.8) is 0 Å². The molecular weight excluding hydrogens is 440 g/mol. The third kappa shape index (κ3) is 5.03. The van der Waals surface area contributed by atoms with Crippen molar-refractivity contribution in [3.05, 3.63) is 45.5 Å². The van der Waals surface area contributed by atoms with Crippen LogP contribution in [0.2, 0.25) is 0 Å². The molecule has 1 aromatic heterocycles. The van der Waals surface area contributed by atoms with Crippen LogP contribution in [0.1, 0.15) is 30.6 Å². The Labute approximate surface area is 188 Å². The Hall–Kier alpha value is -2.36. The minimum absolute atomic E-state index is 0.0287. The van der Waals surface area contributed by atoms with Crippen molar-refractivity contribution in [3.8, 4) is 11.5 Å². The number of benzene rings is 1. The third-order valence-electron chi connectivity index (χ3n) is 4.63. The molecule has 2 amide bonds. The molecule has 6 nitrogen and oxygen atoms in total. The Morgan fingerprint density at radius 3 is 2.90 bits per heavy atom. The highest BCUT2D eigenvalue weighted by Gasteiger charge is 2.31. The number of fused-ring (bicyclic) bond motifs is 1. The first-order valence-electron chi connectivity index (χ1n) is 9.58. The lowest BCUT2D eigenvalue weighted by molar-refractivity contribution is -0.122. The van der Waals surface area contributed by atoms with E-state index in [9.17, 15) is 9.59 Å². The maximum atomic E-state index is 12.6. The Balaban J connectivity index is 1.17. The van der Waals surface area contributed by atoms with E-state index in [0.29, 0.717) is 39.4 Å². The monoisotopic (exact) mass is 460 g/mol. The molecule has 0 radical (unpaired) electrons. The standard InChI is InChI=1S/C21H20N2O4S3/c24-19(22-14-7-8-16-17(11-14)27-13-26-16)6-2-1-3-9-23-20(25)18(30-21(23)28)12-15-5-4-10-29-15/h4-5,7-8,10-12H,1-3,6,9,13H2,(H,22,24)/b18-12+. The number of hydrogen-bond donors (Lipinski definition) is 1. The number of hydrogen-bond acceptors (Lipinski definition) is 7. The SMILES string of the molecule is O=C(CCCCCN1C(=O)/C(=C\c2cccs2)SC1=S)Nc1ccc2c(c1)OCO2. The number of rotatable bonds is 8. The molecule has 4 rings (SSSR count). The van der Waals surface area contributed by atoms with Gasteiger partial charge in [0.1, 0.15) is 4.32 Å². The first kappa shape index (κ1) is 20.9. The summed E-state index contributed by atoms with van der Waals surface area (Å²) in [6, 6.07) is 9.28. The quantitative estimate of drug-likeness (QED) is 0.344. The van der Waals surface area contributed by atoms with Crippen LogP contribution in [0, 0.1) is 0 Å². The van der Waals surface area contributed by atoms with Crippen LogP contribution in [0.4, 0.5) is 5.69 Å². The molecule has 1 saturated heterocycles. The minimum Gasteiger partial charge on any atom is -0.454 e. The third-order valence-corrected chi connectivity index (χ3v) is 6.83. The summed E-state index contributed by atoms with van der Waals surface area (Å²) < 4.78 is 11.2. The van der Waals surface area contributed by atoms with E-state index in [0.717, 1.165) is 24.1 Å². The van der Waals surface area contributed by atoms with Gasteiger partial charge in [-0.15, -0.1) is 11.3 Å². The molecular formula is C21H20N2O4S3. The number of carbonyl (C=O) groups is 2. The van der Waals surface area contributed by atoms with Crippen LogP contribution >= 0.6 is 35.3 Å². The van der Waals surface area contributed by atoms with E-state index in [1.807, 2.05) is 23.6 Å². The number of ether oxygens (including phenoxy) is 2. The van der Waals surface area contributed by atoms with E-state index in [1.165, 1.54) is 11.8 Å². The summed E-state index contributed by atoms with van der Waals surface area (Å²) in [5.41, 5.74) is 0.694. The molecule has 1 aromatic carbocycles. The first-order chi connectivity index (χ1) is 14.6. The molecule has 0 bridgehead atoms. The van der Waals surface area contributed by atoms with Crippen molar-refractivity contribution in [1.29, 1.82) is 0 Å². The molecule has 3 heterocycles. The molecule has 2 aromatic rings. The van der Waals surface area contributed by atoms with Crippen molar-refractivity contribution in [1.82, 2.24) is 4.90 Å². The van der Waals surface area contributed by atoms with E-state index in [2.05, 4.69) is 5.32 Å². The molecule has 156 valence electrons. The first-order valence-corrected chi connectivity index (χ1v) is 11.7. The maximum absolute atomic E-state index is 12.6. The number of anilines is 1. The predicted molar refractivity (Wildman–Crippen MR) is 124 cm³/mol. The van der Waals surface area contributed by atoms with Gasteiger partial charge in [0.05, 0.1) is 4.91 Å². The zero-order valence-electron chi connectivity index (χ0n) is 16.1. The Bertz CT molecular complexity index is 988. The summed E-state index contributed by atoms with van der Waals surface area (Å²) in [5.74, 6) is 1.26. The van der Waals surface area contributed by atoms with Crippen LogP contribution in [-0.4, -0.2) is 34.4 Å². The lowest BCUT2D eigenvalue weighted by Gasteiger charge is -2.14. The van der Waals surface area contributed by atoms with Crippen LogP contribution in [0.5, 0.6) is 11.5 Å². The van der Waals surface area contributed by atoms with Crippen LogP contribution in [0.3, 0.4) is 0 Å². The fourth-order valence-corrected chi connectivity index (χ4v) is 5.16. The highest BCUT2D eigenvalue weighted by atomic mass is 32.2. The second-order valence-corrected chi connectivity index (χ2v) is 9.43. The van der Waals surface area contributed by atoms with Gasteiger partial charge in [-0.2, -0.15) is 0 Å². The molecule has 0 aliphatic carbocycles. The van der Waals surface area contributed by atoms with E-state index in [1.54, 1.807) is 34.4 Å². The van der Waals surface area contributed by atoms with E-state index in [-0.39, 0.29) is 18.6 Å². The van der Waals surface area contributed by atoms with E-state index < -0.39 is 0 Å². The maximum Gasteiger partial charge on any atom is 0.266 e. The van der Waals surface area contributed by atoms with Gasteiger partial charge in [-0.25, -0.2) is 0 Å². The number of thiophene rings is 1. The number of thiocarbonyl (C=S) groups is 1. The number of carbonyl (C=O) groups excluding carboxylic acids is 2. The van der Waals surface area contributed by atoms with Gasteiger partial charge in [0.25, 0.3) is 5.91 Å². The highest BCUT2D eigenvalue weighted by molar-refractivity contribution is 8.26. The van der Waals surface area contributed by atoms with Gasteiger partial charge in [-0.3, -0.25) is 14.5 Å². The van der Waals surface area contributed by atoms with Gasteiger partial charge in [0.2, 0.25) is 12.7 Å². The van der Waals surface area contributed by atoms with Crippen LogP contribution in [0.25, 0.3) is 6.08 Å². The Kier molecular flexibility index (Phi) is 6.71. The smallest absolute Gasteiger partial charge is 0.266 e. The Morgan fingerprint density at radius 2 is 2.07 bits per heavy atom. The van der Waals surface area contributed by atoms with E-state index in [4.69, 9.17) is 21.7 Å². The fraction of sp³-hybridized carbons (Fsp3) is 0.286. The molecule has 30 heavy (non-hydrogen) atoms. The predicted octanol–water partition coefficient (Wildman–Crippen LogP) is 4.88. The van der Waals surface area contributed by atoms with Crippen LogP contribution < -0.4 is 14.8 Å². The Morgan fingerprint density at radius 1 is 1.20 bits per heavy atom. The number of unbranched alkanes of at least 4 members (excludes halogenated alkanes) is 2. The lowest BCUT2D eigenvalue weighted by atomic mass is 10.1. The molecule has 9 heteroatoms. The van der Waals surface area contributed by atoms with Crippen molar-refractivity contribution in [2.75, 3.05) is 18.7 Å². The number of nitrogens with one attached hydrogen (secondary N) is 1. The fourth-order valence-electron chi connectivity index (χ4n) is 3.13. The average molecular weight is 461 g/mol. The van der Waals surface area contributed by atoms with Gasteiger partial charge in [-0.05, 0) is 42.5 Å². The van der Waals surface area contributed by atoms with Gasteiger partial charge in [-0.1, -0.05) is 36.5 Å². The molecule has 1 N–H and O–H groups in total. The minimum atomic E-state index is -0.0432. The normalized spacial score (nSPS) is 16.5. The van der Waals surface area contributed by atoms with Crippen molar-refractivity contribution in [2.45, 2.75) is 25.7 Å². The molecule has 0 saturated carbocycles. The second kappa shape index (κ2) is 9.63. The van der Waals surface area contributed by atoms with Crippen molar-refractivity contribution >= 4 is 63.2 Å². The molecule has 0 unspecified atom stereocenters. The summed E-state index contributed by atoms with van der Waals surface area (Å²) >= 11 is 8.31. The lowest BCUT2D eigenvalue weighted by Crippen LogP contribution is -2.29. The average Bonchev–Trinajstić information content (AvgIpc) is 3.45. The zero-order valence-corrected chi connectivity index (χ0v) is 18.5. The summed E-state index contributed by atoms with van der Waals surface area (Å²) in [4.78, 5) is 28.1. The summed E-state index contributed by atoms with van der Waals surface area (Å²) in [6.07, 6.45) is 4.71. The van der Waals surface area contributed by atoms with E-state index >= 15 is 0 Å². The van der Waals surface area contributed by atoms with Crippen LogP contribution in [0.15, 0.2) is 40.6 Å². The van der Waals surface area contributed by atoms with Gasteiger partial charge >= 0.3 is 0 Å². The van der Waals surface area contributed by atoms with Crippen molar-refractivity contribution in [2.24, 2.45) is 0 Å². The summed E-state index contributed by atoms with van der Waals surface area (Å²) in [5, 5.41) is 4.86.